The molecule has 3 nitrogen and oxygen atoms in total. The summed E-state index contributed by atoms with van der Waals surface area (Å²) in [6, 6.07) is 19.0. The van der Waals surface area contributed by atoms with Gasteiger partial charge in [0.15, 0.2) is 0 Å². The van der Waals surface area contributed by atoms with Crippen LogP contribution in [0.3, 0.4) is 0 Å². The number of halogens is 1. The van der Waals surface area contributed by atoms with E-state index in [1.165, 1.54) is 11.1 Å². The molecule has 0 N–H and O–H groups in total. The number of hydrogen-bond acceptors (Lipinski definition) is 2. The summed E-state index contributed by atoms with van der Waals surface area (Å²) in [6.07, 6.45) is 6.09. The van der Waals surface area contributed by atoms with Crippen LogP contribution in [0.15, 0.2) is 73.2 Å². The van der Waals surface area contributed by atoms with Crippen LogP contribution in [0.1, 0.15) is 13.0 Å². The highest BCUT2D eigenvalue weighted by atomic mass is 35.5. The maximum absolute atomic E-state index is 6.35. The Morgan fingerprint density at radius 2 is 1.71 bits per heavy atom. The quantitative estimate of drug-likeness (QED) is 0.408. The Morgan fingerprint density at radius 3 is 2.46 bits per heavy atom. The summed E-state index contributed by atoms with van der Waals surface area (Å²) in [5.74, 6) is 0. The third kappa shape index (κ3) is 3.68. The fourth-order valence-corrected chi connectivity index (χ4v) is 3.99. The molecule has 0 aliphatic heterocycles. The standard InChI is InChI=1S/C24H24ClN3/c1-17(15-27(2)3)28-16-23(22-12-21(25)9-10-24(22)28)20-11-19(13-26-14-20)18-7-5-4-6-8-18/h4-14,16-17H,15H2,1-3H3. The summed E-state index contributed by atoms with van der Waals surface area (Å²) in [5.41, 5.74) is 5.73. The Kier molecular flexibility index (Phi) is 5.21. The lowest BCUT2D eigenvalue weighted by molar-refractivity contribution is 0.341. The van der Waals surface area contributed by atoms with Crippen molar-refractivity contribution in [3.8, 4) is 22.3 Å². The molecule has 142 valence electrons. The molecular weight excluding hydrogens is 366 g/mol. The van der Waals surface area contributed by atoms with Gasteiger partial charge in [-0.3, -0.25) is 4.98 Å². The second-order valence-corrected chi connectivity index (χ2v) is 7.99. The van der Waals surface area contributed by atoms with Crippen LogP contribution < -0.4 is 0 Å². The van der Waals surface area contributed by atoms with Gasteiger partial charge >= 0.3 is 0 Å². The number of fused-ring (bicyclic) bond motifs is 1. The van der Waals surface area contributed by atoms with E-state index in [2.05, 4.69) is 84.1 Å². The number of pyridine rings is 1. The summed E-state index contributed by atoms with van der Waals surface area (Å²) in [7, 11) is 4.21. The molecule has 28 heavy (non-hydrogen) atoms. The van der Waals surface area contributed by atoms with Crippen LogP contribution in [0, 0.1) is 0 Å². The second-order valence-electron chi connectivity index (χ2n) is 7.55. The lowest BCUT2D eigenvalue weighted by atomic mass is 10.0. The number of nitrogens with zero attached hydrogens (tertiary/aromatic N) is 3. The van der Waals surface area contributed by atoms with Gasteiger partial charge in [0.2, 0.25) is 0 Å². The predicted octanol–water partition coefficient (Wildman–Crippen LogP) is 6.15. The van der Waals surface area contributed by atoms with Crippen LogP contribution >= 0.6 is 11.6 Å². The molecule has 1 atom stereocenters. The van der Waals surface area contributed by atoms with Gasteiger partial charge < -0.3 is 9.47 Å². The minimum absolute atomic E-state index is 0.345. The summed E-state index contributed by atoms with van der Waals surface area (Å²) in [6.45, 7) is 3.21. The molecule has 0 aliphatic carbocycles. The van der Waals surface area contributed by atoms with Gasteiger partial charge in [-0.05, 0) is 50.8 Å². The van der Waals surface area contributed by atoms with Crippen LogP contribution in [-0.4, -0.2) is 35.1 Å². The van der Waals surface area contributed by atoms with Crippen molar-refractivity contribution in [2.75, 3.05) is 20.6 Å². The van der Waals surface area contributed by atoms with E-state index >= 15 is 0 Å². The van der Waals surface area contributed by atoms with Crippen molar-refractivity contribution < 1.29 is 0 Å². The molecule has 0 aliphatic rings. The van der Waals surface area contributed by atoms with Gasteiger partial charge in [0.1, 0.15) is 0 Å². The summed E-state index contributed by atoms with van der Waals surface area (Å²) >= 11 is 6.35. The lowest BCUT2D eigenvalue weighted by Crippen LogP contribution is -2.21. The Balaban J connectivity index is 1.86. The highest BCUT2D eigenvalue weighted by Crippen LogP contribution is 2.35. The maximum Gasteiger partial charge on any atom is 0.0490 e. The molecule has 0 radical (unpaired) electrons. The molecule has 0 saturated heterocycles. The Labute approximate surface area is 171 Å². The zero-order chi connectivity index (χ0) is 19.7. The van der Waals surface area contributed by atoms with Crippen LogP contribution in [-0.2, 0) is 0 Å². The van der Waals surface area contributed by atoms with Crippen molar-refractivity contribution in [1.29, 1.82) is 0 Å². The largest absolute Gasteiger partial charge is 0.343 e. The molecule has 0 fully saturated rings. The van der Waals surface area contributed by atoms with Crippen molar-refractivity contribution in [2.24, 2.45) is 0 Å². The molecule has 4 heteroatoms. The van der Waals surface area contributed by atoms with E-state index in [-0.39, 0.29) is 0 Å². The Morgan fingerprint density at radius 1 is 0.964 bits per heavy atom. The van der Waals surface area contributed by atoms with E-state index in [0.29, 0.717) is 6.04 Å². The van der Waals surface area contributed by atoms with Gasteiger partial charge in [-0.15, -0.1) is 0 Å². The fraction of sp³-hybridized carbons (Fsp3) is 0.208. The van der Waals surface area contributed by atoms with E-state index in [1.807, 2.05) is 24.5 Å². The monoisotopic (exact) mass is 389 g/mol. The predicted molar refractivity (Wildman–Crippen MR) is 119 cm³/mol. The Hall–Kier alpha value is -2.62. The van der Waals surface area contributed by atoms with E-state index in [1.54, 1.807) is 0 Å². The van der Waals surface area contributed by atoms with Crippen molar-refractivity contribution in [3.63, 3.8) is 0 Å². The first-order valence-electron chi connectivity index (χ1n) is 9.48. The van der Waals surface area contributed by atoms with Crippen LogP contribution in [0.4, 0.5) is 0 Å². The molecule has 2 heterocycles. The summed E-state index contributed by atoms with van der Waals surface area (Å²) < 4.78 is 2.34. The van der Waals surface area contributed by atoms with Crippen molar-refractivity contribution in [3.05, 3.63) is 78.2 Å². The van der Waals surface area contributed by atoms with Gasteiger partial charge in [0.25, 0.3) is 0 Å². The molecular formula is C24H24ClN3. The van der Waals surface area contributed by atoms with E-state index in [9.17, 15) is 0 Å². The van der Waals surface area contributed by atoms with Gasteiger partial charge in [-0.1, -0.05) is 41.9 Å². The summed E-state index contributed by atoms with van der Waals surface area (Å²) in [5, 5.41) is 1.91. The van der Waals surface area contributed by atoms with Crippen LogP contribution in [0.2, 0.25) is 5.02 Å². The SMILES string of the molecule is CC(CN(C)C)n1cc(-c2cncc(-c3ccccc3)c2)c2cc(Cl)ccc21. The van der Waals surface area contributed by atoms with Gasteiger partial charge in [-0.25, -0.2) is 0 Å². The highest BCUT2D eigenvalue weighted by molar-refractivity contribution is 6.31. The molecule has 0 amide bonds. The van der Waals surface area contributed by atoms with E-state index < -0.39 is 0 Å². The first-order valence-corrected chi connectivity index (χ1v) is 9.86. The van der Waals surface area contributed by atoms with Gasteiger partial charge in [0, 0.05) is 63.8 Å². The Bertz CT molecular complexity index is 1100. The normalized spacial score (nSPS) is 12.6. The zero-order valence-electron chi connectivity index (χ0n) is 16.4. The molecule has 2 aromatic carbocycles. The number of aromatic nitrogens is 2. The first kappa shape index (κ1) is 18.7. The number of likely N-dealkylation sites (N-methyl/N-ethyl adjacent to an activating group) is 1. The smallest absolute Gasteiger partial charge is 0.0490 e. The molecule has 0 bridgehead atoms. The molecule has 1 unspecified atom stereocenters. The van der Waals surface area contributed by atoms with Crippen LogP contribution in [0.5, 0.6) is 0 Å². The van der Waals surface area contributed by atoms with E-state index in [0.717, 1.165) is 33.6 Å². The average molecular weight is 390 g/mol. The number of rotatable bonds is 5. The average Bonchev–Trinajstić information content (AvgIpc) is 3.07. The number of benzene rings is 2. The van der Waals surface area contributed by atoms with E-state index in [4.69, 9.17) is 11.6 Å². The molecule has 4 rings (SSSR count). The first-order chi connectivity index (χ1) is 13.5. The molecule has 0 spiro atoms. The third-order valence-corrected chi connectivity index (χ3v) is 5.29. The molecule has 0 saturated carbocycles. The van der Waals surface area contributed by atoms with Crippen molar-refractivity contribution >= 4 is 22.5 Å². The minimum Gasteiger partial charge on any atom is -0.343 e. The third-order valence-electron chi connectivity index (χ3n) is 5.06. The minimum atomic E-state index is 0.345. The topological polar surface area (TPSA) is 21.1 Å². The number of hydrogen-bond donors (Lipinski definition) is 0. The van der Waals surface area contributed by atoms with Gasteiger partial charge in [-0.2, -0.15) is 0 Å². The van der Waals surface area contributed by atoms with Gasteiger partial charge in [0.05, 0.1) is 0 Å². The zero-order valence-corrected chi connectivity index (χ0v) is 17.2. The fourth-order valence-electron chi connectivity index (χ4n) is 3.81. The molecule has 4 aromatic rings. The van der Waals surface area contributed by atoms with Crippen LogP contribution in [0.25, 0.3) is 33.2 Å². The van der Waals surface area contributed by atoms with Crippen molar-refractivity contribution in [2.45, 2.75) is 13.0 Å². The lowest BCUT2D eigenvalue weighted by Gasteiger charge is -2.19. The second kappa shape index (κ2) is 7.78. The maximum atomic E-state index is 6.35. The van der Waals surface area contributed by atoms with Crippen molar-refractivity contribution in [1.82, 2.24) is 14.5 Å². The molecule has 2 aromatic heterocycles. The highest BCUT2D eigenvalue weighted by Gasteiger charge is 2.16. The summed E-state index contributed by atoms with van der Waals surface area (Å²) in [4.78, 5) is 6.73.